The van der Waals surface area contributed by atoms with Crippen molar-refractivity contribution in [1.29, 1.82) is 0 Å². The summed E-state index contributed by atoms with van der Waals surface area (Å²) >= 11 is 0. The zero-order valence-corrected chi connectivity index (χ0v) is 9.83. The van der Waals surface area contributed by atoms with E-state index in [1.54, 1.807) is 0 Å². The fourth-order valence-electron chi connectivity index (χ4n) is 1.51. The van der Waals surface area contributed by atoms with E-state index >= 15 is 0 Å². The fourth-order valence-corrected chi connectivity index (χ4v) is 1.51. The molecule has 2 heteroatoms. The first-order valence-corrected chi connectivity index (χ1v) is 5.90. The van der Waals surface area contributed by atoms with Gasteiger partial charge in [0.25, 0.3) is 0 Å². The van der Waals surface area contributed by atoms with E-state index in [1.165, 1.54) is 24.9 Å². The minimum Gasteiger partial charge on any atom is -0.494 e. The zero-order valence-electron chi connectivity index (χ0n) is 9.83. The lowest BCUT2D eigenvalue weighted by atomic mass is 10.2. The number of nitrogens with two attached hydrogens (primary N) is 1. The SMILES string of the molecule is CCCC[NH2+]Cc1ccc(OCC)cc1. The Morgan fingerprint density at radius 1 is 1.13 bits per heavy atom. The Kier molecular flexibility index (Phi) is 5.86. The molecule has 0 unspecified atom stereocenters. The molecule has 0 aliphatic heterocycles. The van der Waals surface area contributed by atoms with Gasteiger partial charge in [0.05, 0.1) is 13.2 Å². The van der Waals surface area contributed by atoms with Crippen LogP contribution in [0.2, 0.25) is 0 Å². The van der Waals surface area contributed by atoms with Gasteiger partial charge in [0, 0.05) is 5.56 Å². The third-order valence-corrected chi connectivity index (χ3v) is 2.38. The van der Waals surface area contributed by atoms with Gasteiger partial charge >= 0.3 is 0 Å². The van der Waals surface area contributed by atoms with Crippen molar-refractivity contribution in [1.82, 2.24) is 0 Å². The maximum Gasteiger partial charge on any atom is 0.119 e. The van der Waals surface area contributed by atoms with Crippen molar-refractivity contribution in [3.63, 3.8) is 0 Å². The molecule has 0 radical (unpaired) electrons. The van der Waals surface area contributed by atoms with Crippen molar-refractivity contribution in [2.24, 2.45) is 0 Å². The molecule has 1 aromatic rings. The minimum absolute atomic E-state index is 0.738. The van der Waals surface area contributed by atoms with Crippen LogP contribution in [0, 0.1) is 0 Å². The molecule has 0 aliphatic carbocycles. The van der Waals surface area contributed by atoms with Gasteiger partial charge in [0.2, 0.25) is 0 Å². The van der Waals surface area contributed by atoms with Gasteiger partial charge in [0.1, 0.15) is 12.3 Å². The molecule has 0 heterocycles. The zero-order chi connectivity index (χ0) is 10.9. The first kappa shape index (κ1) is 12.1. The molecule has 0 atom stereocenters. The highest BCUT2D eigenvalue weighted by molar-refractivity contribution is 5.26. The summed E-state index contributed by atoms with van der Waals surface area (Å²) in [5.74, 6) is 0.967. The molecule has 2 N–H and O–H groups in total. The van der Waals surface area contributed by atoms with E-state index in [0.717, 1.165) is 18.9 Å². The smallest absolute Gasteiger partial charge is 0.119 e. The second-order valence-corrected chi connectivity index (χ2v) is 3.71. The molecular formula is C13H22NO+. The third kappa shape index (κ3) is 4.84. The van der Waals surface area contributed by atoms with Gasteiger partial charge in [-0.3, -0.25) is 0 Å². The minimum atomic E-state index is 0.738. The molecule has 84 valence electrons. The largest absolute Gasteiger partial charge is 0.494 e. The van der Waals surface area contributed by atoms with Crippen LogP contribution in [0.1, 0.15) is 32.3 Å². The van der Waals surface area contributed by atoms with Gasteiger partial charge in [-0.25, -0.2) is 0 Å². The second kappa shape index (κ2) is 7.30. The van der Waals surface area contributed by atoms with E-state index in [1.807, 2.05) is 19.1 Å². The van der Waals surface area contributed by atoms with Crippen molar-refractivity contribution in [3.05, 3.63) is 29.8 Å². The van der Waals surface area contributed by atoms with Gasteiger partial charge in [0.15, 0.2) is 0 Å². The number of hydrogen-bond acceptors (Lipinski definition) is 1. The van der Waals surface area contributed by atoms with Gasteiger partial charge in [-0.2, -0.15) is 0 Å². The van der Waals surface area contributed by atoms with Crippen LogP contribution in [0.4, 0.5) is 0 Å². The molecule has 15 heavy (non-hydrogen) atoms. The van der Waals surface area contributed by atoms with Crippen LogP contribution in [0.5, 0.6) is 5.75 Å². The molecule has 2 nitrogen and oxygen atoms in total. The second-order valence-electron chi connectivity index (χ2n) is 3.71. The van der Waals surface area contributed by atoms with Crippen molar-refractivity contribution in [2.75, 3.05) is 13.2 Å². The molecule has 0 fully saturated rings. The molecule has 0 amide bonds. The molecule has 1 aromatic carbocycles. The first-order valence-electron chi connectivity index (χ1n) is 5.90. The Hall–Kier alpha value is -1.02. The van der Waals surface area contributed by atoms with Crippen molar-refractivity contribution < 1.29 is 10.1 Å². The molecule has 1 rings (SSSR count). The molecule has 0 saturated heterocycles. The number of ether oxygens (including phenoxy) is 1. The maximum absolute atomic E-state index is 5.39. The molecular weight excluding hydrogens is 186 g/mol. The van der Waals surface area contributed by atoms with Crippen LogP contribution in [-0.2, 0) is 6.54 Å². The van der Waals surface area contributed by atoms with E-state index in [-0.39, 0.29) is 0 Å². The summed E-state index contributed by atoms with van der Waals surface area (Å²) in [4.78, 5) is 0. The third-order valence-electron chi connectivity index (χ3n) is 2.38. The Balaban J connectivity index is 2.29. The number of benzene rings is 1. The van der Waals surface area contributed by atoms with E-state index in [4.69, 9.17) is 4.74 Å². The normalized spacial score (nSPS) is 10.3. The van der Waals surface area contributed by atoms with Crippen molar-refractivity contribution >= 4 is 0 Å². The number of rotatable bonds is 7. The average Bonchev–Trinajstić information content (AvgIpc) is 2.27. The predicted octanol–water partition coefficient (Wildman–Crippen LogP) is 1.95. The summed E-state index contributed by atoms with van der Waals surface area (Å²) in [6.07, 6.45) is 2.58. The van der Waals surface area contributed by atoms with Crippen LogP contribution in [-0.4, -0.2) is 13.2 Å². The lowest BCUT2D eigenvalue weighted by Crippen LogP contribution is -2.82. The summed E-state index contributed by atoms with van der Waals surface area (Å²) < 4.78 is 5.39. The Labute approximate surface area is 92.6 Å². The summed E-state index contributed by atoms with van der Waals surface area (Å²) in [7, 11) is 0. The highest BCUT2D eigenvalue weighted by Crippen LogP contribution is 2.10. The number of unbranched alkanes of at least 4 members (excludes halogenated alkanes) is 1. The quantitative estimate of drug-likeness (QED) is 0.681. The maximum atomic E-state index is 5.39. The number of hydrogen-bond donors (Lipinski definition) is 1. The van der Waals surface area contributed by atoms with Gasteiger partial charge in [-0.05, 0) is 37.6 Å². The standard InChI is InChI=1S/C13H21NO/c1-3-5-10-14-11-12-6-8-13(9-7-12)15-4-2/h6-9,14H,3-5,10-11H2,1-2H3/p+1. The molecule has 0 aromatic heterocycles. The van der Waals surface area contributed by atoms with Crippen molar-refractivity contribution in [2.45, 2.75) is 33.2 Å². The Bertz CT molecular complexity index is 256. The summed E-state index contributed by atoms with van der Waals surface area (Å²) in [5, 5.41) is 2.36. The molecule has 0 aliphatic rings. The number of quaternary nitrogens is 1. The van der Waals surface area contributed by atoms with Crippen LogP contribution in [0.3, 0.4) is 0 Å². The van der Waals surface area contributed by atoms with E-state index in [9.17, 15) is 0 Å². The van der Waals surface area contributed by atoms with Crippen LogP contribution < -0.4 is 10.1 Å². The van der Waals surface area contributed by atoms with E-state index < -0.39 is 0 Å². The summed E-state index contributed by atoms with van der Waals surface area (Å²) in [6, 6.07) is 8.39. The Morgan fingerprint density at radius 2 is 1.87 bits per heavy atom. The average molecular weight is 208 g/mol. The van der Waals surface area contributed by atoms with E-state index in [2.05, 4.69) is 24.4 Å². The van der Waals surface area contributed by atoms with E-state index in [0.29, 0.717) is 0 Å². The summed E-state index contributed by atoms with van der Waals surface area (Å²) in [6.45, 7) is 7.27. The Morgan fingerprint density at radius 3 is 2.47 bits per heavy atom. The van der Waals surface area contributed by atoms with Gasteiger partial charge < -0.3 is 10.1 Å². The first-order chi connectivity index (χ1) is 7.36. The highest BCUT2D eigenvalue weighted by Gasteiger charge is 1.96. The van der Waals surface area contributed by atoms with Crippen LogP contribution in [0.25, 0.3) is 0 Å². The van der Waals surface area contributed by atoms with Crippen molar-refractivity contribution in [3.8, 4) is 5.75 Å². The fraction of sp³-hybridized carbons (Fsp3) is 0.538. The van der Waals surface area contributed by atoms with Crippen LogP contribution in [0.15, 0.2) is 24.3 Å². The predicted molar refractivity (Wildman–Crippen MR) is 63.0 cm³/mol. The highest BCUT2D eigenvalue weighted by atomic mass is 16.5. The lowest BCUT2D eigenvalue weighted by molar-refractivity contribution is -0.670. The van der Waals surface area contributed by atoms with Gasteiger partial charge in [-0.1, -0.05) is 13.3 Å². The lowest BCUT2D eigenvalue weighted by Gasteiger charge is -2.04. The molecule has 0 spiro atoms. The molecule has 0 saturated carbocycles. The van der Waals surface area contributed by atoms with Crippen LogP contribution >= 0.6 is 0 Å². The molecule has 0 bridgehead atoms. The summed E-state index contributed by atoms with van der Waals surface area (Å²) in [5.41, 5.74) is 1.37. The topological polar surface area (TPSA) is 25.8 Å². The van der Waals surface area contributed by atoms with Gasteiger partial charge in [-0.15, -0.1) is 0 Å². The monoisotopic (exact) mass is 208 g/mol.